The van der Waals surface area contributed by atoms with Gasteiger partial charge in [-0.2, -0.15) is 0 Å². The molecule has 1 aromatic carbocycles. The predicted molar refractivity (Wildman–Crippen MR) is 81.1 cm³/mol. The molecule has 5 nitrogen and oxygen atoms in total. The molecule has 2 atom stereocenters. The van der Waals surface area contributed by atoms with Crippen LogP contribution < -0.4 is 0 Å². The summed E-state index contributed by atoms with van der Waals surface area (Å²) in [7, 11) is 3.57. The molecule has 0 saturated carbocycles. The normalized spacial score (nSPS) is 25.8. The van der Waals surface area contributed by atoms with Gasteiger partial charge in [0.1, 0.15) is 0 Å². The minimum atomic E-state index is -0.405. The average molecular weight is 289 g/mol. The lowest BCUT2D eigenvalue weighted by atomic mass is 10.1. The number of hydrogen-bond acceptors (Lipinski definition) is 3. The summed E-state index contributed by atoms with van der Waals surface area (Å²) in [5.74, 6) is 0. The lowest BCUT2D eigenvalue weighted by Gasteiger charge is -2.39. The zero-order valence-corrected chi connectivity index (χ0v) is 12.7. The third kappa shape index (κ3) is 2.63. The van der Waals surface area contributed by atoms with E-state index in [-0.39, 0.29) is 12.1 Å². The number of hydrogen-bond donors (Lipinski definition) is 1. The van der Waals surface area contributed by atoms with E-state index in [1.54, 1.807) is 19.0 Å². The van der Waals surface area contributed by atoms with E-state index in [0.29, 0.717) is 0 Å². The van der Waals surface area contributed by atoms with Gasteiger partial charge in [-0.15, -0.1) is 0 Å². The van der Waals surface area contributed by atoms with Gasteiger partial charge in [-0.05, 0) is 17.5 Å². The quantitative estimate of drug-likeness (QED) is 0.837. The summed E-state index contributed by atoms with van der Waals surface area (Å²) >= 11 is 0. The van der Waals surface area contributed by atoms with Crippen LogP contribution in [0.25, 0.3) is 0 Å². The van der Waals surface area contributed by atoms with Gasteiger partial charge in [0.15, 0.2) is 0 Å². The van der Waals surface area contributed by atoms with Gasteiger partial charge in [-0.3, -0.25) is 4.90 Å². The van der Waals surface area contributed by atoms with E-state index in [4.69, 9.17) is 0 Å². The summed E-state index contributed by atoms with van der Waals surface area (Å²) in [5.41, 5.74) is 2.32. The smallest absolute Gasteiger partial charge is 0.319 e. The Morgan fingerprint density at radius 2 is 1.86 bits per heavy atom. The maximum Gasteiger partial charge on any atom is 0.319 e. The van der Waals surface area contributed by atoms with Gasteiger partial charge in [0, 0.05) is 46.3 Å². The molecule has 0 bridgehead atoms. The maximum absolute atomic E-state index is 12.0. The summed E-state index contributed by atoms with van der Waals surface area (Å²) in [6.45, 7) is 3.12. The van der Waals surface area contributed by atoms with Crippen molar-refractivity contribution in [2.45, 2.75) is 18.6 Å². The van der Waals surface area contributed by atoms with Crippen LogP contribution in [0, 0.1) is 0 Å². The van der Waals surface area contributed by atoms with Crippen LogP contribution in [0.3, 0.4) is 0 Å². The van der Waals surface area contributed by atoms with Crippen molar-refractivity contribution in [3.05, 3.63) is 35.4 Å². The van der Waals surface area contributed by atoms with Crippen LogP contribution in [-0.4, -0.2) is 72.2 Å². The molecule has 1 N–H and O–H groups in total. The van der Waals surface area contributed by atoms with E-state index in [9.17, 15) is 9.90 Å². The number of aliphatic hydroxyl groups is 1. The summed E-state index contributed by atoms with van der Waals surface area (Å²) in [6.07, 6.45) is 0.496. The highest BCUT2D eigenvalue weighted by atomic mass is 16.3. The number of nitrogens with zero attached hydrogens (tertiary/aromatic N) is 3. The molecule has 1 aliphatic heterocycles. The van der Waals surface area contributed by atoms with Crippen molar-refractivity contribution in [1.82, 2.24) is 14.7 Å². The van der Waals surface area contributed by atoms with Crippen LogP contribution in [0.5, 0.6) is 0 Å². The predicted octanol–water partition coefficient (Wildman–Crippen LogP) is 0.944. The first-order valence-corrected chi connectivity index (χ1v) is 7.54. The van der Waals surface area contributed by atoms with E-state index in [0.717, 1.165) is 38.2 Å². The zero-order chi connectivity index (χ0) is 15.0. The van der Waals surface area contributed by atoms with Gasteiger partial charge in [-0.1, -0.05) is 24.3 Å². The number of aliphatic hydroxyl groups excluding tert-OH is 1. The first-order valence-electron chi connectivity index (χ1n) is 7.54. The number of urea groups is 1. The molecular formula is C16H23N3O2. The van der Waals surface area contributed by atoms with Crippen LogP contribution in [0.1, 0.15) is 17.2 Å². The molecule has 0 spiro atoms. The number of amides is 2. The molecular weight excluding hydrogens is 266 g/mol. The molecule has 2 amide bonds. The molecule has 1 aromatic rings. The largest absolute Gasteiger partial charge is 0.387 e. The highest BCUT2D eigenvalue weighted by Gasteiger charge is 2.36. The third-order valence-electron chi connectivity index (χ3n) is 4.60. The Morgan fingerprint density at radius 1 is 1.19 bits per heavy atom. The van der Waals surface area contributed by atoms with E-state index >= 15 is 0 Å². The highest BCUT2D eigenvalue weighted by molar-refractivity contribution is 5.73. The molecule has 1 saturated heterocycles. The summed E-state index contributed by atoms with van der Waals surface area (Å²) in [4.78, 5) is 17.8. The number of piperazine rings is 1. The van der Waals surface area contributed by atoms with Gasteiger partial charge in [0.05, 0.1) is 6.10 Å². The fraction of sp³-hybridized carbons (Fsp3) is 0.562. The molecule has 5 heteroatoms. The molecule has 1 fully saturated rings. The molecule has 3 rings (SSSR count). The van der Waals surface area contributed by atoms with Crippen molar-refractivity contribution in [2.75, 3.05) is 40.3 Å². The molecule has 2 unspecified atom stereocenters. The number of fused-ring (bicyclic) bond motifs is 1. The van der Waals surface area contributed by atoms with E-state index in [2.05, 4.69) is 11.0 Å². The summed E-state index contributed by atoms with van der Waals surface area (Å²) in [6, 6.07) is 8.36. The monoisotopic (exact) mass is 289 g/mol. The number of carbonyl (C=O) groups is 1. The average Bonchev–Trinajstić information content (AvgIpc) is 2.84. The van der Waals surface area contributed by atoms with E-state index < -0.39 is 6.10 Å². The third-order valence-corrected chi connectivity index (χ3v) is 4.60. The molecule has 1 aliphatic carbocycles. The summed E-state index contributed by atoms with van der Waals surface area (Å²) < 4.78 is 0. The zero-order valence-electron chi connectivity index (χ0n) is 12.7. The van der Waals surface area contributed by atoms with E-state index in [1.807, 2.05) is 23.1 Å². The maximum atomic E-state index is 12.0. The fourth-order valence-corrected chi connectivity index (χ4v) is 3.41. The van der Waals surface area contributed by atoms with Crippen LogP contribution in [-0.2, 0) is 6.42 Å². The molecule has 2 aliphatic rings. The van der Waals surface area contributed by atoms with Crippen LogP contribution >= 0.6 is 0 Å². The highest BCUT2D eigenvalue weighted by Crippen LogP contribution is 2.34. The molecule has 21 heavy (non-hydrogen) atoms. The number of rotatable bonds is 1. The lowest BCUT2D eigenvalue weighted by molar-refractivity contribution is 0.0325. The number of carbonyl (C=O) groups excluding carboxylic acids is 1. The Bertz CT molecular complexity index is 524. The van der Waals surface area contributed by atoms with Crippen LogP contribution in [0.2, 0.25) is 0 Å². The van der Waals surface area contributed by atoms with Gasteiger partial charge in [-0.25, -0.2) is 4.79 Å². The van der Waals surface area contributed by atoms with Crippen molar-refractivity contribution in [2.24, 2.45) is 0 Å². The van der Waals surface area contributed by atoms with E-state index in [1.165, 1.54) is 5.56 Å². The Morgan fingerprint density at radius 3 is 2.48 bits per heavy atom. The van der Waals surface area contributed by atoms with Gasteiger partial charge < -0.3 is 14.9 Å². The van der Waals surface area contributed by atoms with Crippen molar-refractivity contribution in [3.8, 4) is 0 Å². The van der Waals surface area contributed by atoms with Crippen LogP contribution in [0.15, 0.2) is 24.3 Å². The topological polar surface area (TPSA) is 47.0 Å². The second-order valence-corrected chi connectivity index (χ2v) is 6.12. The minimum absolute atomic E-state index is 0.0740. The lowest BCUT2D eigenvalue weighted by Crippen LogP contribution is -2.54. The second-order valence-electron chi connectivity index (χ2n) is 6.12. The van der Waals surface area contributed by atoms with Crippen molar-refractivity contribution in [3.63, 3.8) is 0 Å². The molecule has 114 valence electrons. The number of benzene rings is 1. The Kier molecular flexibility index (Phi) is 3.87. The second kappa shape index (κ2) is 5.66. The van der Waals surface area contributed by atoms with Gasteiger partial charge in [0.2, 0.25) is 0 Å². The van der Waals surface area contributed by atoms with Crippen molar-refractivity contribution >= 4 is 6.03 Å². The Labute approximate surface area is 125 Å². The minimum Gasteiger partial charge on any atom is -0.387 e. The van der Waals surface area contributed by atoms with Crippen molar-refractivity contribution in [1.29, 1.82) is 0 Å². The molecule has 1 heterocycles. The first kappa shape index (κ1) is 14.4. The first-order chi connectivity index (χ1) is 10.1. The fourth-order valence-electron chi connectivity index (χ4n) is 3.41. The standard InChI is InChI=1S/C16H23N3O2/c1-17(2)16(21)19-9-7-18(8-10-19)14-11-12-5-3-4-6-13(12)15(14)20/h3-6,14-15,20H,7-11H2,1-2H3. The molecule has 0 radical (unpaired) electrons. The SMILES string of the molecule is CN(C)C(=O)N1CCN(C2Cc3ccccc3C2O)CC1. The van der Waals surface area contributed by atoms with Gasteiger partial charge in [0.25, 0.3) is 0 Å². The molecule has 0 aromatic heterocycles. The Hall–Kier alpha value is -1.59. The summed E-state index contributed by atoms with van der Waals surface area (Å²) in [5, 5.41) is 10.5. The van der Waals surface area contributed by atoms with Crippen LogP contribution in [0.4, 0.5) is 4.79 Å². The Balaban J connectivity index is 1.63. The van der Waals surface area contributed by atoms with Crippen molar-refractivity contribution < 1.29 is 9.90 Å². The van der Waals surface area contributed by atoms with Gasteiger partial charge >= 0.3 is 6.03 Å².